The molecule has 0 radical (unpaired) electrons. The molecule has 1 aliphatic rings. The van der Waals surface area contributed by atoms with Crippen LogP contribution in [0.3, 0.4) is 0 Å². The molecular weight excluding hydrogens is 328 g/mol. The van der Waals surface area contributed by atoms with Crippen molar-refractivity contribution < 1.29 is 14.1 Å². The van der Waals surface area contributed by atoms with Crippen LogP contribution < -0.4 is 5.32 Å². The van der Waals surface area contributed by atoms with E-state index in [1.807, 2.05) is 17.5 Å². The molecule has 0 aliphatic carbocycles. The predicted octanol–water partition coefficient (Wildman–Crippen LogP) is 2.37. The summed E-state index contributed by atoms with van der Waals surface area (Å²) in [4.78, 5) is 31.3. The van der Waals surface area contributed by atoms with Crippen LogP contribution in [-0.2, 0) is 9.59 Å². The lowest BCUT2D eigenvalue weighted by Crippen LogP contribution is -2.35. The van der Waals surface area contributed by atoms with Crippen LogP contribution in [-0.4, -0.2) is 33.4 Å². The van der Waals surface area contributed by atoms with Crippen LogP contribution in [0.5, 0.6) is 0 Å². The summed E-state index contributed by atoms with van der Waals surface area (Å²) in [6, 6.07) is 3.40. The summed E-state index contributed by atoms with van der Waals surface area (Å²) in [6.07, 6.45) is 1.97. The molecule has 2 amide bonds. The van der Waals surface area contributed by atoms with Crippen LogP contribution in [0.1, 0.15) is 54.9 Å². The van der Waals surface area contributed by atoms with E-state index in [0.29, 0.717) is 18.3 Å². The smallest absolute Gasteiger partial charge is 0.225 e. The standard InChI is InChI=1S/C16H20N4O3S/c1-10(21)17-12(14-6-4-8-24-14)9-15(22)20-7-3-5-13(20)16-18-11(2)23-19-16/h4,6,8,12-13H,3,5,7,9H2,1-2H3,(H,17,21). The number of nitrogens with zero attached hydrogens (tertiary/aromatic N) is 3. The maximum absolute atomic E-state index is 12.8. The third kappa shape index (κ3) is 3.64. The highest BCUT2D eigenvalue weighted by Crippen LogP contribution is 2.32. The SMILES string of the molecule is CC(=O)NC(CC(=O)N1CCCC1c1noc(C)n1)c1cccs1. The van der Waals surface area contributed by atoms with E-state index >= 15 is 0 Å². The number of thiophene rings is 1. The van der Waals surface area contributed by atoms with E-state index in [1.54, 1.807) is 11.8 Å². The number of hydrogen-bond acceptors (Lipinski definition) is 6. The van der Waals surface area contributed by atoms with E-state index in [-0.39, 0.29) is 30.3 Å². The summed E-state index contributed by atoms with van der Waals surface area (Å²) < 4.78 is 5.04. The minimum atomic E-state index is -0.303. The molecule has 2 atom stereocenters. The molecule has 1 fully saturated rings. The Morgan fingerprint density at radius 1 is 1.54 bits per heavy atom. The van der Waals surface area contributed by atoms with Crippen molar-refractivity contribution in [3.63, 3.8) is 0 Å². The van der Waals surface area contributed by atoms with Crippen LogP contribution in [0.4, 0.5) is 0 Å². The Kier molecular flexibility index (Phi) is 4.94. The molecule has 0 spiro atoms. The van der Waals surface area contributed by atoms with Gasteiger partial charge in [-0.15, -0.1) is 11.3 Å². The second kappa shape index (κ2) is 7.12. The van der Waals surface area contributed by atoms with Crippen LogP contribution in [0.15, 0.2) is 22.0 Å². The molecule has 3 rings (SSSR count). The molecule has 24 heavy (non-hydrogen) atoms. The zero-order valence-electron chi connectivity index (χ0n) is 13.7. The third-order valence-electron chi connectivity index (χ3n) is 4.06. The maximum Gasteiger partial charge on any atom is 0.225 e. The van der Waals surface area contributed by atoms with Gasteiger partial charge >= 0.3 is 0 Å². The number of amides is 2. The molecule has 0 bridgehead atoms. The van der Waals surface area contributed by atoms with E-state index in [9.17, 15) is 9.59 Å². The first-order chi connectivity index (χ1) is 11.5. The molecule has 1 saturated heterocycles. The highest BCUT2D eigenvalue weighted by molar-refractivity contribution is 7.10. The van der Waals surface area contributed by atoms with Crippen molar-refractivity contribution >= 4 is 23.2 Å². The topological polar surface area (TPSA) is 88.3 Å². The lowest BCUT2D eigenvalue weighted by molar-refractivity contribution is -0.133. The molecule has 1 aliphatic heterocycles. The average Bonchev–Trinajstić information content (AvgIpc) is 3.27. The summed E-state index contributed by atoms with van der Waals surface area (Å²) in [5, 5.41) is 8.77. The summed E-state index contributed by atoms with van der Waals surface area (Å²) in [6.45, 7) is 3.88. The quantitative estimate of drug-likeness (QED) is 0.896. The molecule has 2 aromatic heterocycles. The Balaban J connectivity index is 1.73. The number of hydrogen-bond donors (Lipinski definition) is 1. The van der Waals surface area contributed by atoms with Gasteiger partial charge in [-0.3, -0.25) is 9.59 Å². The lowest BCUT2D eigenvalue weighted by Gasteiger charge is -2.25. The minimum absolute atomic E-state index is 0.00731. The monoisotopic (exact) mass is 348 g/mol. The molecule has 7 nitrogen and oxygen atoms in total. The average molecular weight is 348 g/mol. The molecule has 1 N–H and O–H groups in total. The number of carbonyl (C=O) groups is 2. The lowest BCUT2D eigenvalue weighted by atomic mass is 10.1. The number of nitrogens with one attached hydrogen (secondary N) is 1. The summed E-state index contributed by atoms with van der Waals surface area (Å²) in [7, 11) is 0. The van der Waals surface area contributed by atoms with E-state index in [2.05, 4.69) is 15.5 Å². The Morgan fingerprint density at radius 2 is 2.38 bits per heavy atom. The first kappa shape index (κ1) is 16.6. The van der Waals surface area contributed by atoms with Gasteiger partial charge in [-0.2, -0.15) is 4.98 Å². The Bertz CT molecular complexity index is 713. The van der Waals surface area contributed by atoms with E-state index < -0.39 is 0 Å². The van der Waals surface area contributed by atoms with Crippen molar-refractivity contribution in [3.05, 3.63) is 34.1 Å². The number of aryl methyl sites for hydroxylation is 1. The van der Waals surface area contributed by atoms with Crippen molar-refractivity contribution in [1.82, 2.24) is 20.4 Å². The van der Waals surface area contributed by atoms with Crippen molar-refractivity contribution in [3.8, 4) is 0 Å². The van der Waals surface area contributed by atoms with E-state index in [0.717, 1.165) is 17.7 Å². The zero-order chi connectivity index (χ0) is 17.1. The molecular formula is C16H20N4O3S. The first-order valence-electron chi connectivity index (χ1n) is 7.95. The molecule has 3 heterocycles. The van der Waals surface area contributed by atoms with Crippen molar-refractivity contribution in [2.75, 3.05) is 6.54 Å². The van der Waals surface area contributed by atoms with Crippen molar-refractivity contribution in [2.24, 2.45) is 0 Å². The van der Waals surface area contributed by atoms with Gasteiger partial charge in [0.1, 0.15) is 0 Å². The fraction of sp³-hybridized carbons (Fsp3) is 0.500. The number of aromatic nitrogens is 2. The van der Waals surface area contributed by atoms with Crippen LogP contribution in [0, 0.1) is 6.92 Å². The third-order valence-corrected chi connectivity index (χ3v) is 5.04. The largest absolute Gasteiger partial charge is 0.348 e. The van der Waals surface area contributed by atoms with E-state index in [4.69, 9.17) is 4.52 Å². The zero-order valence-corrected chi connectivity index (χ0v) is 14.5. The Morgan fingerprint density at radius 3 is 3.00 bits per heavy atom. The van der Waals surface area contributed by atoms with Gasteiger partial charge in [0.2, 0.25) is 17.7 Å². The second-order valence-corrected chi connectivity index (χ2v) is 6.87. The molecule has 8 heteroatoms. The highest BCUT2D eigenvalue weighted by Gasteiger charge is 2.34. The summed E-state index contributed by atoms with van der Waals surface area (Å²) in [5.74, 6) is 0.907. The van der Waals surface area contributed by atoms with Gasteiger partial charge in [0.25, 0.3) is 0 Å². The Hall–Kier alpha value is -2.22. The normalized spacial score (nSPS) is 18.6. The molecule has 2 unspecified atom stereocenters. The molecule has 0 saturated carbocycles. The summed E-state index contributed by atoms with van der Waals surface area (Å²) in [5.41, 5.74) is 0. The summed E-state index contributed by atoms with van der Waals surface area (Å²) >= 11 is 1.53. The first-order valence-corrected chi connectivity index (χ1v) is 8.82. The number of rotatable bonds is 5. The van der Waals surface area contributed by atoms with Gasteiger partial charge in [0, 0.05) is 25.3 Å². The van der Waals surface area contributed by atoms with Gasteiger partial charge in [0.05, 0.1) is 18.5 Å². The van der Waals surface area contributed by atoms with Crippen LogP contribution in [0.2, 0.25) is 0 Å². The maximum atomic E-state index is 12.8. The van der Waals surface area contributed by atoms with Gasteiger partial charge in [-0.25, -0.2) is 0 Å². The number of likely N-dealkylation sites (tertiary alicyclic amines) is 1. The Labute approximate surface area is 144 Å². The van der Waals surface area contributed by atoms with Gasteiger partial charge in [0.15, 0.2) is 5.82 Å². The van der Waals surface area contributed by atoms with Crippen LogP contribution in [0.25, 0.3) is 0 Å². The fourth-order valence-corrected chi connectivity index (χ4v) is 3.81. The fourth-order valence-electron chi connectivity index (χ4n) is 3.03. The van der Waals surface area contributed by atoms with Crippen molar-refractivity contribution in [2.45, 2.75) is 45.2 Å². The number of carbonyl (C=O) groups excluding carboxylic acids is 2. The highest BCUT2D eigenvalue weighted by atomic mass is 32.1. The second-order valence-electron chi connectivity index (χ2n) is 5.89. The van der Waals surface area contributed by atoms with Gasteiger partial charge in [-0.1, -0.05) is 11.2 Å². The van der Waals surface area contributed by atoms with Crippen LogP contribution >= 0.6 is 11.3 Å². The molecule has 0 aromatic carbocycles. The van der Waals surface area contributed by atoms with E-state index in [1.165, 1.54) is 18.3 Å². The predicted molar refractivity (Wildman–Crippen MR) is 88.2 cm³/mol. The van der Waals surface area contributed by atoms with Gasteiger partial charge < -0.3 is 14.7 Å². The minimum Gasteiger partial charge on any atom is -0.348 e. The van der Waals surface area contributed by atoms with Gasteiger partial charge in [-0.05, 0) is 24.3 Å². The molecule has 128 valence electrons. The molecule has 2 aromatic rings. The van der Waals surface area contributed by atoms with Crippen molar-refractivity contribution in [1.29, 1.82) is 0 Å².